The molecule has 196 valence electrons. The molecule has 0 aromatic heterocycles. The van der Waals surface area contributed by atoms with Crippen LogP contribution >= 0.6 is 0 Å². The average molecular weight is 509 g/mol. The van der Waals surface area contributed by atoms with Crippen LogP contribution in [0.25, 0.3) is 0 Å². The van der Waals surface area contributed by atoms with Crippen molar-refractivity contribution in [2.75, 3.05) is 26.8 Å². The van der Waals surface area contributed by atoms with Gasteiger partial charge in [0.05, 0.1) is 25.7 Å². The highest BCUT2D eigenvalue weighted by atomic mass is 16.5. The number of hydrogen-bond acceptors (Lipinski definition) is 7. The fraction of sp³-hybridized carbons (Fsp3) is 0.393. The second-order valence-corrected chi connectivity index (χ2v) is 9.02. The molecule has 0 spiro atoms. The van der Waals surface area contributed by atoms with Crippen molar-refractivity contribution in [2.45, 2.75) is 43.9 Å². The van der Waals surface area contributed by atoms with Crippen molar-refractivity contribution in [1.29, 1.82) is 0 Å². The molecule has 0 saturated carbocycles. The van der Waals surface area contributed by atoms with Crippen LogP contribution in [0.3, 0.4) is 0 Å². The van der Waals surface area contributed by atoms with E-state index in [1.54, 1.807) is 32.2 Å². The lowest BCUT2D eigenvalue weighted by atomic mass is 9.77. The van der Waals surface area contributed by atoms with Crippen molar-refractivity contribution in [1.82, 2.24) is 10.2 Å². The third-order valence-corrected chi connectivity index (χ3v) is 6.87. The minimum Gasteiger partial charge on any atom is -0.496 e. The van der Waals surface area contributed by atoms with Gasteiger partial charge in [-0.25, -0.2) is 0 Å². The number of ketones is 1. The molecule has 37 heavy (non-hydrogen) atoms. The van der Waals surface area contributed by atoms with Crippen LogP contribution in [-0.4, -0.2) is 77.8 Å². The largest absolute Gasteiger partial charge is 0.496 e. The first-order valence-corrected chi connectivity index (χ1v) is 12.4. The van der Waals surface area contributed by atoms with Gasteiger partial charge in [0.1, 0.15) is 23.7 Å². The molecule has 4 atom stereocenters. The van der Waals surface area contributed by atoms with Gasteiger partial charge < -0.3 is 29.9 Å². The summed E-state index contributed by atoms with van der Waals surface area (Å²) >= 11 is 0. The van der Waals surface area contributed by atoms with E-state index in [-0.39, 0.29) is 26.1 Å². The maximum Gasteiger partial charge on any atom is 0.290 e. The van der Waals surface area contributed by atoms with E-state index in [2.05, 4.69) is 5.32 Å². The van der Waals surface area contributed by atoms with Gasteiger partial charge in [-0.2, -0.15) is 0 Å². The van der Waals surface area contributed by atoms with E-state index in [9.17, 15) is 24.6 Å². The summed E-state index contributed by atoms with van der Waals surface area (Å²) in [6, 6.07) is 13.6. The topological polar surface area (TPSA) is 125 Å². The Bertz CT molecular complexity index is 1190. The number of aliphatic hydroxyl groups is 2. The number of carbonyl (C=O) groups excluding carboxylic acids is 3. The molecule has 9 nitrogen and oxygen atoms in total. The first-order chi connectivity index (χ1) is 17.9. The minimum atomic E-state index is -1.20. The van der Waals surface area contributed by atoms with Crippen LogP contribution in [0.2, 0.25) is 0 Å². The molecule has 0 bridgehead atoms. The number of aliphatic hydroxyl groups excluding tert-OH is 2. The van der Waals surface area contributed by atoms with Gasteiger partial charge in [-0.05, 0) is 30.2 Å². The highest BCUT2D eigenvalue weighted by molar-refractivity contribution is 6.36. The molecular weight excluding hydrogens is 476 g/mol. The standard InChI is InChI=1S/C28H32N2O7/c1-3-21(32)28(35)30(14-12-17-8-4-6-10-22(17)36-2)20-16-19(27(34)29-13-15-31)24-18-9-5-7-11-23(18)37-26(24)25(20)33/h4-11,16,20,24-26,31,33H,3,12-15H2,1-2H3,(H,29,34). The molecule has 4 rings (SSSR count). The summed E-state index contributed by atoms with van der Waals surface area (Å²) < 4.78 is 11.5. The lowest BCUT2D eigenvalue weighted by molar-refractivity contribution is -0.148. The molecule has 2 aliphatic rings. The third-order valence-electron chi connectivity index (χ3n) is 6.87. The fourth-order valence-corrected chi connectivity index (χ4v) is 5.04. The monoisotopic (exact) mass is 508 g/mol. The molecule has 0 saturated heterocycles. The summed E-state index contributed by atoms with van der Waals surface area (Å²) in [5.41, 5.74) is 1.91. The molecule has 2 aromatic rings. The van der Waals surface area contributed by atoms with Crippen molar-refractivity contribution in [3.05, 3.63) is 71.3 Å². The Labute approximate surface area is 215 Å². The molecule has 2 amide bonds. The number of para-hydroxylation sites is 2. The fourth-order valence-electron chi connectivity index (χ4n) is 5.04. The third kappa shape index (κ3) is 5.23. The van der Waals surface area contributed by atoms with Gasteiger partial charge in [-0.3, -0.25) is 14.4 Å². The highest BCUT2D eigenvalue weighted by Gasteiger charge is 2.50. The normalized spacial score (nSPS) is 21.7. The maximum absolute atomic E-state index is 13.3. The molecule has 4 unspecified atom stereocenters. The van der Waals surface area contributed by atoms with Crippen LogP contribution in [0.1, 0.15) is 30.4 Å². The minimum absolute atomic E-state index is 0.00829. The van der Waals surface area contributed by atoms with Crippen LogP contribution in [-0.2, 0) is 20.8 Å². The summed E-state index contributed by atoms with van der Waals surface area (Å²) in [4.78, 5) is 40.3. The maximum atomic E-state index is 13.3. The second-order valence-electron chi connectivity index (χ2n) is 9.02. The number of hydrogen-bond donors (Lipinski definition) is 3. The molecule has 3 N–H and O–H groups in total. The van der Waals surface area contributed by atoms with E-state index in [0.717, 1.165) is 11.1 Å². The van der Waals surface area contributed by atoms with E-state index in [4.69, 9.17) is 9.47 Å². The molecule has 1 heterocycles. The molecule has 1 aliphatic heterocycles. The number of ether oxygens (including phenoxy) is 2. The number of Topliss-reactive ketones (excluding diaryl/α,β-unsaturated/α-hetero) is 1. The zero-order chi connectivity index (χ0) is 26.5. The molecule has 2 aromatic carbocycles. The molecule has 0 fully saturated rings. The lowest BCUT2D eigenvalue weighted by Crippen LogP contribution is -2.57. The average Bonchev–Trinajstić information content (AvgIpc) is 3.32. The van der Waals surface area contributed by atoms with Gasteiger partial charge in [0, 0.05) is 30.6 Å². The zero-order valence-corrected chi connectivity index (χ0v) is 20.9. The van der Waals surface area contributed by atoms with Crippen molar-refractivity contribution in [3.63, 3.8) is 0 Å². The van der Waals surface area contributed by atoms with E-state index < -0.39 is 41.8 Å². The highest BCUT2D eigenvalue weighted by Crippen LogP contribution is 2.47. The predicted octanol–water partition coefficient (Wildman–Crippen LogP) is 1.37. The van der Waals surface area contributed by atoms with Crippen molar-refractivity contribution in [2.24, 2.45) is 0 Å². The first-order valence-electron chi connectivity index (χ1n) is 12.4. The number of amides is 2. The Morgan fingerprint density at radius 1 is 1.11 bits per heavy atom. The van der Waals surface area contributed by atoms with Gasteiger partial charge in [0.2, 0.25) is 11.7 Å². The first kappa shape index (κ1) is 26.4. The Morgan fingerprint density at radius 2 is 1.84 bits per heavy atom. The summed E-state index contributed by atoms with van der Waals surface area (Å²) in [5, 5.41) is 23.4. The van der Waals surface area contributed by atoms with Crippen LogP contribution in [0.15, 0.2) is 60.2 Å². The van der Waals surface area contributed by atoms with E-state index in [0.29, 0.717) is 23.5 Å². The van der Waals surface area contributed by atoms with E-state index >= 15 is 0 Å². The van der Waals surface area contributed by atoms with Gasteiger partial charge in [-0.15, -0.1) is 0 Å². The van der Waals surface area contributed by atoms with Gasteiger partial charge in [0.15, 0.2) is 0 Å². The number of fused-ring (bicyclic) bond motifs is 3. The molecule has 9 heteroatoms. The Hall–Kier alpha value is -3.69. The van der Waals surface area contributed by atoms with Crippen LogP contribution in [0.5, 0.6) is 11.5 Å². The molecular formula is C28H32N2O7. The Kier molecular flexibility index (Phi) is 8.25. The van der Waals surface area contributed by atoms with Crippen molar-refractivity contribution < 1.29 is 34.1 Å². The van der Waals surface area contributed by atoms with Crippen molar-refractivity contribution in [3.8, 4) is 11.5 Å². The zero-order valence-electron chi connectivity index (χ0n) is 20.9. The van der Waals surface area contributed by atoms with E-state index in [1.165, 1.54) is 4.90 Å². The summed E-state index contributed by atoms with van der Waals surface area (Å²) in [7, 11) is 1.56. The number of benzene rings is 2. The smallest absolute Gasteiger partial charge is 0.290 e. The van der Waals surface area contributed by atoms with Crippen LogP contribution < -0.4 is 14.8 Å². The lowest BCUT2D eigenvalue weighted by Gasteiger charge is -2.40. The van der Waals surface area contributed by atoms with Crippen LogP contribution in [0.4, 0.5) is 0 Å². The number of nitrogens with zero attached hydrogens (tertiary/aromatic N) is 1. The summed E-state index contributed by atoms with van der Waals surface area (Å²) in [6.45, 7) is 1.53. The number of rotatable bonds is 10. The molecule has 0 radical (unpaired) electrons. The van der Waals surface area contributed by atoms with Crippen molar-refractivity contribution >= 4 is 17.6 Å². The Morgan fingerprint density at radius 3 is 2.57 bits per heavy atom. The number of carbonyl (C=O) groups is 3. The summed E-state index contributed by atoms with van der Waals surface area (Å²) in [5.74, 6) is -1.12. The quantitative estimate of drug-likeness (QED) is 0.414. The molecule has 1 aliphatic carbocycles. The second kappa shape index (κ2) is 11.6. The summed E-state index contributed by atoms with van der Waals surface area (Å²) in [6.07, 6.45) is -0.0921. The van der Waals surface area contributed by atoms with Gasteiger partial charge in [-0.1, -0.05) is 43.3 Å². The van der Waals surface area contributed by atoms with Gasteiger partial charge >= 0.3 is 0 Å². The number of methoxy groups -OCH3 is 1. The van der Waals surface area contributed by atoms with Crippen LogP contribution in [0, 0.1) is 0 Å². The number of nitrogens with one attached hydrogen (secondary N) is 1. The van der Waals surface area contributed by atoms with Gasteiger partial charge in [0.25, 0.3) is 5.91 Å². The Balaban J connectivity index is 1.73. The SMILES string of the molecule is CCC(=O)C(=O)N(CCc1ccccc1OC)C1C=C(C(=O)NCCO)C2c3ccccc3OC2C1O. The predicted molar refractivity (Wildman–Crippen MR) is 135 cm³/mol. The van der Waals surface area contributed by atoms with E-state index in [1.807, 2.05) is 36.4 Å².